The number of nitrogens with zero attached hydrogens (tertiary/aromatic N) is 3. The average molecular weight is 456 g/mol. The molecule has 1 amide bonds. The Bertz CT molecular complexity index is 1030. The molecule has 1 atom stereocenters. The number of nitrogens with one attached hydrogen (secondary N) is 3. The topological polar surface area (TPSA) is 155 Å². The highest BCUT2D eigenvalue weighted by atomic mass is 16.5. The first kappa shape index (κ1) is 24.0. The summed E-state index contributed by atoms with van der Waals surface area (Å²) in [4.78, 5) is 33.9. The van der Waals surface area contributed by atoms with Crippen LogP contribution in [-0.2, 0) is 9.59 Å². The van der Waals surface area contributed by atoms with Crippen LogP contribution >= 0.6 is 0 Å². The predicted molar refractivity (Wildman–Crippen MR) is 126 cm³/mol. The fourth-order valence-electron chi connectivity index (χ4n) is 3.41. The van der Waals surface area contributed by atoms with Crippen molar-refractivity contribution in [3.8, 4) is 5.75 Å². The van der Waals surface area contributed by atoms with E-state index in [1.54, 1.807) is 30.5 Å². The number of aliphatic carboxylic acids is 1. The molecule has 11 heteroatoms. The van der Waals surface area contributed by atoms with Crippen LogP contribution in [-0.4, -0.2) is 71.2 Å². The molecule has 1 aromatic carbocycles. The van der Waals surface area contributed by atoms with Crippen LogP contribution in [0.5, 0.6) is 5.75 Å². The Balaban J connectivity index is 1.67. The van der Waals surface area contributed by atoms with E-state index in [4.69, 9.17) is 15.6 Å². The number of hydrogen-bond donors (Lipinski definition) is 5. The molecule has 2 heterocycles. The molecule has 176 valence electrons. The number of benzene rings is 1. The first-order valence-corrected chi connectivity index (χ1v) is 10.6. The number of carboxylic acids is 1. The predicted octanol–water partition coefficient (Wildman–Crippen LogP) is 1.43. The lowest BCUT2D eigenvalue weighted by Gasteiger charge is -2.19. The SMILES string of the molecule is C[C@H](N)CN(C)CCCNc1ncnc2c1/C(=C/Nc1cccc(OCC(=O)O)c1)C(=O)N2. The second-order valence-electron chi connectivity index (χ2n) is 7.83. The molecule has 11 nitrogen and oxygen atoms in total. The molecule has 0 radical (unpaired) electrons. The van der Waals surface area contributed by atoms with Crippen LogP contribution in [0.25, 0.3) is 5.57 Å². The second-order valence-corrected chi connectivity index (χ2v) is 7.83. The van der Waals surface area contributed by atoms with Crippen LogP contribution in [0.3, 0.4) is 0 Å². The molecule has 0 fully saturated rings. The summed E-state index contributed by atoms with van der Waals surface area (Å²) in [5.41, 5.74) is 7.45. The molecule has 1 aliphatic heterocycles. The van der Waals surface area contributed by atoms with Crippen LogP contribution in [0.1, 0.15) is 18.9 Å². The largest absolute Gasteiger partial charge is 0.482 e. The Kier molecular flexibility index (Phi) is 8.17. The Morgan fingerprint density at radius 3 is 2.97 bits per heavy atom. The summed E-state index contributed by atoms with van der Waals surface area (Å²) >= 11 is 0. The monoisotopic (exact) mass is 455 g/mol. The summed E-state index contributed by atoms with van der Waals surface area (Å²) in [7, 11) is 2.03. The van der Waals surface area contributed by atoms with Gasteiger partial charge in [-0.1, -0.05) is 6.07 Å². The van der Waals surface area contributed by atoms with Crippen molar-refractivity contribution in [2.75, 3.05) is 49.2 Å². The van der Waals surface area contributed by atoms with Gasteiger partial charge in [0.2, 0.25) is 0 Å². The summed E-state index contributed by atoms with van der Waals surface area (Å²) in [6.07, 6.45) is 3.86. The number of carbonyl (C=O) groups is 2. The quantitative estimate of drug-likeness (QED) is 0.234. The lowest BCUT2D eigenvalue weighted by atomic mass is 10.1. The summed E-state index contributed by atoms with van der Waals surface area (Å²) in [5.74, 6) is 0.0565. The van der Waals surface area contributed by atoms with Crippen LogP contribution in [0.4, 0.5) is 17.3 Å². The van der Waals surface area contributed by atoms with Gasteiger partial charge in [-0.3, -0.25) is 4.79 Å². The zero-order valence-electron chi connectivity index (χ0n) is 18.7. The van der Waals surface area contributed by atoms with E-state index < -0.39 is 12.6 Å². The minimum atomic E-state index is -1.06. The fraction of sp³-hybridized carbons (Fsp3) is 0.364. The molecule has 0 unspecified atom stereocenters. The van der Waals surface area contributed by atoms with E-state index in [2.05, 4.69) is 30.8 Å². The van der Waals surface area contributed by atoms with E-state index in [-0.39, 0.29) is 11.9 Å². The molecule has 0 bridgehead atoms. The van der Waals surface area contributed by atoms with Crippen molar-refractivity contribution in [3.63, 3.8) is 0 Å². The molecule has 1 aliphatic rings. The van der Waals surface area contributed by atoms with Crippen molar-refractivity contribution in [2.24, 2.45) is 5.73 Å². The van der Waals surface area contributed by atoms with Crippen molar-refractivity contribution in [2.45, 2.75) is 19.4 Å². The summed E-state index contributed by atoms with van der Waals surface area (Å²) in [5, 5.41) is 17.9. The van der Waals surface area contributed by atoms with Crippen molar-refractivity contribution in [3.05, 3.63) is 42.4 Å². The highest BCUT2D eigenvalue weighted by Gasteiger charge is 2.29. The average Bonchev–Trinajstić information content (AvgIpc) is 3.09. The Hall–Kier alpha value is -3.70. The normalized spacial score (nSPS) is 14.7. The Labute approximate surface area is 192 Å². The third-order valence-electron chi connectivity index (χ3n) is 4.78. The van der Waals surface area contributed by atoms with Gasteiger partial charge >= 0.3 is 5.97 Å². The van der Waals surface area contributed by atoms with Crippen LogP contribution in [0.15, 0.2) is 36.8 Å². The van der Waals surface area contributed by atoms with Gasteiger partial charge in [-0.25, -0.2) is 14.8 Å². The lowest BCUT2D eigenvalue weighted by molar-refractivity contribution is -0.139. The first-order chi connectivity index (χ1) is 15.8. The molecule has 0 saturated heterocycles. The maximum absolute atomic E-state index is 12.5. The number of carboxylic acid groups (broad SMARTS) is 1. The molecule has 1 aromatic heterocycles. The summed E-state index contributed by atoms with van der Waals surface area (Å²) < 4.78 is 5.19. The smallest absolute Gasteiger partial charge is 0.341 e. The number of fused-ring (bicyclic) bond motifs is 1. The number of rotatable bonds is 12. The molecule has 6 N–H and O–H groups in total. The van der Waals surface area contributed by atoms with Gasteiger partial charge in [0.15, 0.2) is 6.61 Å². The van der Waals surface area contributed by atoms with E-state index in [1.165, 1.54) is 6.33 Å². The molecule has 33 heavy (non-hydrogen) atoms. The standard InChI is InChI=1S/C22H29N7O4/c1-14(23)11-29(2)8-4-7-24-20-19-17(22(32)28-21(19)27-13-26-20)10-25-15-5-3-6-16(9-15)33-12-18(30)31/h3,5-6,9-10,13-14,25H,4,7-8,11-12,23H2,1-2H3,(H,30,31)(H2,24,26,27,28,32)/b17-10-/t14-/m0/s1. The van der Waals surface area contributed by atoms with Crippen molar-refractivity contribution in [1.29, 1.82) is 0 Å². The number of aromatic nitrogens is 2. The molecular weight excluding hydrogens is 426 g/mol. The lowest BCUT2D eigenvalue weighted by Crippen LogP contribution is -2.34. The van der Waals surface area contributed by atoms with E-state index in [9.17, 15) is 9.59 Å². The molecule has 3 rings (SSSR count). The Morgan fingerprint density at radius 1 is 1.39 bits per heavy atom. The third kappa shape index (κ3) is 6.89. The fourth-order valence-corrected chi connectivity index (χ4v) is 3.41. The molecule has 0 aliphatic carbocycles. The summed E-state index contributed by atoms with van der Waals surface area (Å²) in [6.45, 7) is 3.91. The van der Waals surface area contributed by atoms with Gasteiger partial charge in [-0.05, 0) is 39.1 Å². The number of nitrogens with two attached hydrogens (primary N) is 1. The first-order valence-electron chi connectivity index (χ1n) is 10.6. The van der Waals surface area contributed by atoms with Gasteiger partial charge in [0.05, 0.1) is 11.1 Å². The number of anilines is 3. The molecule has 0 spiro atoms. The minimum absolute atomic E-state index is 0.120. The zero-order valence-corrected chi connectivity index (χ0v) is 18.7. The van der Waals surface area contributed by atoms with E-state index in [1.807, 2.05) is 14.0 Å². The second kappa shape index (κ2) is 11.2. The zero-order chi connectivity index (χ0) is 23.8. The summed E-state index contributed by atoms with van der Waals surface area (Å²) in [6, 6.07) is 6.92. The molecular formula is C22H29N7O4. The number of amides is 1. The van der Waals surface area contributed by atoms with Gasteiger partial charge in [-0.15, -0.1) is 0 Å². The number of hydrogen-bond acceptors (Lipinski definition) is 9. The van der Waals surface area contributed by atoms with Crippen molar-refractivity contribution in [1.82, 2.24) is 14.9 Å². The number of carbonyl (C=O) groups excluding carboxylic acids is 1. The minimum Gasteiger partial charge on any atom is -0.482 e. The van der Waals surface area contributed by atoms with Gasteiger partial charge < -0.3 is 36.4 Å². The van der Waals surface area contributed by atoms with Gasteiger partial charge in [0, 0.05) is 37.1 Å². The van der Waals surface area contributed by atoms with E-state index in [0.717, 1.165) is 19.5 Å². The van der Waals surface area contributed by atoms with E-state index in [0.29, 0.717) is 40.8 Å². The van der Waals surface area contributed by atoms with Gasteiger partial charge in [0.1, 0.15) is 23.7 Å². The van der Waals surface area contributed by atoms with Crippen LogP contribution in [0.2, 0.25) is 0 Å². The van der Waals surface area contributed by atoms with Crippen molar-refractivity contribution >= 4 is 34.8 Å². The van der Waals surface area contributed by atoms with Crippen LogP contribution < -0.4 is 26.4 Å². The van der Waals surface area contributed by atoms with Crippen molar-refractivity contribution < 1.29 is 19.4 Å². The Morgan fingerprint density at radius 2 is 2.21 bits per heavy atom. The van der Waals surface area contributed by atoms with Gasteiger partial charge in [-0.2, -0.15) is 0 Å². The van der Waals surface area contributed by atoms with E-state index >= 15 is 0 Å². The number of ether oxygens (including phenoxy) is 1. The maximum Gasteiger partial charge on any atom is 0.341 e. The maximum atomic E-state index is 12.5. The number of likely N-dealkylation sites (N-methyl/N-ethyl adjacent to an activating group) is 1. The molecule has 2 aromatic rings. The highest BCUT2D eigenvalue weighted by Crippen LogP contribution is 2.34. The molecule has 0 saturated carbocycles. The third-order valence-corrected chi connectivity index (χ3v) is 4.78. The van der Waals surface area contributed by atoms with Gasteiger partial charge in [0.25, 0.3) is 5.91 Å². The van der Waals surface area contributed by atoms with Crippen LogP contribution in [0, 0.1) is 0 Å². The highest BCUT2D eigenvalue weighted by molar-refractivity contribution is 6.32.